The van der Waals surface area contributed by atoms with Crippen LogP contribution in [0.1, 0.15) is 26.8 Å². The molecule has 3 heterocycles. The van der Waals surface area contributed by atoms with Gasteiger partial charge in [-0.2, -0.15) is 0 Å². The summed E-state index contributed by atoms with van der Waals surface area (Å²) < 4.78 is 8.84. The molecule has 0 aromatic carbocycles. The first-order valence-electron chi connectivity index (χ1n) is 8.38. The van der Waals surface area contributed by atoms with Gasteiger partial charge in [0, 0.05) is 44.1 Å². The van der Waals surface area contributed by atoms with Crippen molar-refractivity contribution in [2.24, 2.45) is 18.9 Å². The first-order chi connectivity index (χ1) is 11.7. The van der Waals surface area contributed by atoms with Gasteiger partial charge in [-0.1, -0.05) is 11.6 Å². The number of likely N-dealkylation sites (tertiary alicyclic amines) is 1. The van der Waals surface area contributed by atoms with Gasteiger partial charge in [0.15, 0.2) is 0 Å². The highest BCUT2D eigenvalue weighted by molar-refractivity contribution is 6.29. The van der Waals surface area contributed by atoms with Crippen LogP contribution in [0.4, 0.5) is 4.79 Å². The van der Waals surface area contributed by atoms with Gasteiger partial charge in [-0.15, -0.1) is 0 Å². The summed E-state index contributed by atoms with van der Waals surface area (Å²) in [5.41, 5.74) is 1.00. The van der Waals surface area contributed by atoms with Crippen LogP contribution in [-0.2, 0) is 11.8 Å². The van der Waals surface area contributed by atoms with Crippen molar-refractivity contribution in [3.05, 3.63) is 27.9 Å². The number of nitrogens with zero attached hydrogens (tertiary/aromatic N) is 4. The molecule has 0 radical (unpaired) electrons. The Balaban J connectivity index is 1.57. The summed E-state index contributed by atoms with van der Waals surface area (Å²) in [5, 5.41) is 0.369. The van der Waals surface area contributed by atoms with E-state index in [1.165, 1.54) is 0 Å². The van der Waals surface area contributed by atoms with E-state index in [1.54, 1.807) is 28.8 Å². The summed E-state index contributed by atoms with van der Waals surface area (Å²) in [6.07, 6.45) is 1.34. The topological polar surface area (TPSA) is 69.4 Å². The predicted molar refractivity (Wildman–Crippen MR) is 93.8 cm³/mol. The van der Waals surface area contributed by atoms with Gasteiger partial charge in [-0.05, 0) is 20.8 Å². The molecule has 0 N–H and O–H groups in total. The van der Waals surface area contributed by atoms with Crippen molar-refractivity contribution >= 4 is 28.7 Å². The van der Waals surface area contributed by atoms with Crippen molar-refractivity contribution < 1.29 is 9.53 Å². The van der Waals surface area contributed by atoms with Crippen LogP contribution in [0.5, 0.6) is 0 Å². The monoisotopic (exact) mass is 364 g/mol. The fourth-order valence-corrected chi connectivity index (χ4v) is 4.03. The Morgan fingerprint density at radius 2 is 1.92 bits per heavy atom. The fraction of sp³-hybridized carbons (Fsp3) is 0.588. The number of piperidine rings is 1. The highest BCUT2D eigenvalue weighted by Gasteiger charge is 2.59. The predicted octanol–water partition coefficient (Wildman–Crippen LogP) is 2.43. The number of carbonyl (C=O) groups is 1. The minimum Gasteiger partial charge on any atom is -0.444 e. The molecule has 0 spiro atoms. The summed E-state index contributed by atoms with van der Waals surface area (Å²) in [4.78, 5) is 30.7. The van der Waals surface area contributed by atoms with Crippen LogP contribution in [0.3, 0.4) is 0 Å². The molecule has 1 aliphatic heterocycles. The van der Waals surface area contributed by atoms with E-state index in [-0.39, 0.29) is 29.7 Å². The maximum atomic E-state index is 12.7. The highest BCUT2D eigenvalue weighted by atomic mass is 35.5. The Labute approximate surface area is 150 Å². The summed E-state index contributed by atoms with van der Waals surface area (Å²) in [7, 11) is 1.74. The van der Waals surface area contributed by atoms with Crippen molar-refractivity contribution in [2.75, 3.05) is 13.1 Å². The minimum absolute atomic E-state index is 0.0673. The molecule has 3 atom stereocenters. The summed E-state index contributed by atoms with van der Waals surface area (Å²) in [5.74, 6) is 0.561. The Hall–Kier alpha value is -2.02. The van der Waals surface area contributed by atoms with E-state index in [1.807, 2.05) is 25.3 Å². The molecule has 1 saturated carbocycles. The number of imidazole rings is 1. The number of hydrogen-bond acceptors (Lipinski definition) is 4. The van der Waals surface area contributed by atoms with E-state index in [4.69, 9.17) is 16.3 Å². The van der Waals surface area contributed by atoms with Crippen LogP contribution < -0.4 is 5.69 Å². The van der Waals surface area contributed by atoms with Crippen LogP contribution >= 0.6 is 11.6 Å². The Kier molecular flexibility index (Phi) is 3.45. The van der Waals surface area contributed by atoms with Crippen molar-refractivity contribution in [1.82, 2.24) is 19.0 Å². The van der Waals surface area contributed by atoms with Crippen molar-refractivity contribution in [2.45, 2.75) is 32.4 Å². The molecule has 1 amide bonds. The molecule has 8 heteroatoms. The van der Waals surface area contributed by atoms with Crippen LogP contribution in [0.2, 0.25) is 5.15 Å². The molecular weight excluding hydrogens is 344 g/mol. The molecule has 2 aromatic heterocycles. The number of amides is 1. The molecule has 2 aromatic rings. The Bertz CT molecular complexity index is 914. The van der Waals surface area contributed by atoms with E-state index in [2.05, 4.69) is 4.98 Å². The van der Waals surface area contributed by atoms with Gasteiger partial charge in [0.2, 0.25) is 0 Å². The number of hydrogen-bond donors (Lipinski definition) is 0. The SMILES string of the molecule is Cn1c(=O)n(C2[C@H]3CN(C(=O)OC(C)(C)C)C[C@@H]23)c2cc(Cl)ncc21. The summed E-state index contributed by atoms with van der Waals surface area (Å²) >= 11 is 6.02. The molecule has 4 rings (SSSR count). The average molecular weight is 365 g/mol. The third kappa shape index (κ3) is 2.61. The molecule has 0 bridgehead atoms. The van der Waals surface area contributed by atoms with E-state index < -0.39 is 5.60 Å². The lowest BCUT2D eigenvalue weighted by Gasteiger charge is -2.26. The number of ether oxygens (including phenoxy) is 1. The molecular formula is C17H21ClN4O3. The van der Waals surface area contributed by atoms with Gasteiger partial charge >= 0.3 is 11.8 Å². The fourth-order valence-electron chi connectivity index (χ4n) is 3.87. The lowest BCUT2D eigenvalue weighted by molar-refractivity contribution is 0.0267. The lowest BCUT2D eigenvalue weighted by Crippen LogP contribution is -2.37. The molecule has 1 aliphatic carbocycles. The lowest BCUT2D eigenvalue weighted by atomic mass is 10.2. The second kappa shape index (κ2) is 5.24. The first-order valence-corrected chi connectivity index (χ1v) is 8.75. The van der Waals surface area contributed by atoms with Crippen LogP contribution in [-0.4, -0.2) is 43.8 Å². The summed E-state index contributed by atoms with van der Waals surface area (Å²) in [6.45, 7) is 6.81. The second-order valence-corrected chi connectivity index (χ2v) is 8.30. The van der Waals surface area contributed by atoms with Crippen molar-refractivity contribution in [3.8, 4) is 0 Å². The molecule has 1 unspecified atom stereocenters. The number of halogens is 1. The molecule has 134 valence electrons. The minimum atomic E-state index is -0.500. The number of pyridine rings is 1. The van der Waals surface area contributed by atoms with Crippen LogP contribution in [0.15, 0.2) is 17.1 Å². The molecule has 7 nitrogen and oxygen atoms in total. The molecule has 25 heavy (non-hydrogen) atoms. The van der Waals surface area contributed by atoms with Crippen molar-refractivity contribution in [1.29, 1.82) is 0 Å². The van der Waals surface area contributed by atoms with Gasteiger partial charge in [0.05, 0.1) is 17.2 Å². The number of fused-ring (bicyclic) bond motifs is 2. The zero-order chi connectivity index (χ0) is 18.1. The smallest absolute Gasteiger partial charge is 0.410 e. The largest absolute Gasteiger partial charge is 0.444 e. The van der Waals surface area contributed by atoms with Gasteiger partial charge in [-0.25, -0.2) is 14.6 Å². The van der Waals surface area contributed by atoms with E-state index in [0.29, 0.717) is 18.2 Å². The number of carbonyl (C=O) groups excluding carboxylic acids is 1. The quantitative estimate of drug-likeness (QED) is 0.729. The van der Waals surface area contributed by atoms with Gasteiger partial charge < -0.3 is 9.64 Å². The van der Waals surface area contributed by atoms with Gasteiger partial charge in [0.1, 0.15) is 10.8 Å². The van der Waals surface area contributed by atoms with Gasteiger partial charge in [-0.3, -0.25) is 9.13 Å². The first kappa shape index (κ1) is 16.4. The standard InChI is InChI=1S/C17H21ClN4O3/c1-17(2,3)25-16(24)21-7-9-10(8-21)14(9)22-11-5-13(18)19-6-12(11)20(4)15(22)23/h5-6,9-10,14H,7-8H2,1-4H3/t9-,10+,14?. The highest BCUT2D eigenvalue weighted by Crippen LogP contribution is 2.55. The maximum absolute atomic E-state index is 12.7. The van der Waals surface area contributed by atoms with Crippen LogP contribution in [0.25, 0.3) is 11.0 Å². The van der Waals surface area contributed by atoms with Gasteiger partial charge in [0.25, 0.3) is 0 Å². The van der Waals surface area contributed by atoms with Crippen LogP contribution in [0, 0.1) is 11.8 Å². The molecule has 2 aliphatic rings. The zero-order valence-corrected chi connectivity index (χ0v) is 15.4. The number of aryl methyl sites for hydroxylation is 1. The molecule has 2 fully saturated rings. The maximum Gasteiger partial charge on any atom is 0.410 e. The Morgan fingerprint density at radius 3 is 2.52 bits per heavy atom. The number of aromatic nitrogens is 3. The zero-order valence-electron chi connectivity index (χ0n) is 14.7. The third-order valence-electron chi connectivity index (χ3n) is 5.04. The van der Waals surface area contributed by atoms with E-state index in [9.17, 15) is 9.59 Å². The second-order valence-electron chi connectivity index (χ2n) is 7.91. The average Bonchev–Trinajstić information content (AvgIpc) is 2.88. The molecule has 1 saturated heterocycles. The number of rotatable bonds is 1. The van der Waals surface area contributed by atoms with E-state index >= 15 is 0 Å². The summed E-state index contributed by atoms with van der Waals surface area (Å²) in [6, 6.07) is 1.84. The van der Waals surface area contributed by atoms with E-state index in [0.717, 1.165) is 11.0 Å². The Morgan fingerprint density at radius 1 is 1.28 bits per heavy atom. The normalized spacial score (nSPS) is 25.3. The third-order valence-corrected chi connectivity index (χ3v) is 5.25. The van der Waals surface area contributed by atoms with Crippen molar-refractivity contribution in [3.63, 3.8) is 0 Å².